The Bertz CT molecular complexity index is 1590. The zero-order valence-electron chi connectivity index (χ0n) is 36.0. The molecule has 0 unspecified atom stereocenters. The fraction of sp³-hybridized carbons (Fsp3) is 0.744. The molecular formula is C43H64F3NO11. The summed E-state index contributed by atoms with van der Waals surface area (Å²) >= 11 is 0. The molecule has 12 nitrogen and oxygen atoms in total. The van der Waals surface area contributed by atoms with E-state index in [4.69, 9.17) is 28.8 Å². The van der Waals surface area contributed by atoms with Crippen LogP contribution in [0.4, 0.5) is 13.2 Å². The maximum Gasteiger partial charge on any atom is 0.416 e. The van der Waals surface area contributed by atoms with Gasteiger partial charge in [-0.25, -0.2) is 0 Å². The van der Waals surface area contributed by atoms with Crippen molar-refractivity contribution in [3.05, 3.63) is 35.4 Å². The van der Waals surface area contributed by atoms with E-state index in [1.807, 2.05) is 0 Å². The second-order valence-electron chi connectivity index (χ2n) is 19.2. The summed E-state index contributed by atoms with van der Waals surface area (Å²) in [5, 5.41) is 9.13. The van der Waals surface area contributed by atoms with Crippen molar-refractivity contribution < 1.29 is 65.9 Å². The quantitative estimate of drug-likeness (QED) is 0.112. The minimum atomic E-state index is -4.61. The summed E-state index contributed by atoms with van der Waals surface area (Å²) in [5.74, 6) is -2.93. The maximum atomic E-state index is 13.8. The van der Waals surface area contributed by atoms with Crippen LogP contribution < -0.4 is 0 Å². The van der Waals surface area contributed by atoms with E-state index in [9.17, 15) is 37.1 Å². The Kier molecular flexibility index (Phi) is 16.2. The summed E-state index contributed by atoms with van der Waals surface area (Å²) in [6, 6.07) is 3.49. The lowest BCUT2D eigenvalue weighted by Gasteiger charge is -2.51. The lowest BCUT2D eigenvalue weighted by Crippen LogP contribution is -2.68. The first kappa shape index (κ1) is 48.8. The molecule has 2 aliphatic rings. The van der Waals surface area contributed by atoms with Crippen molar-refractivity contribution in [1.29, 1.82) is 0 Å². The first-order chi connectivity index (χ1) is 26.6. The zero-order chi connectivity index (χ0) is 44.0. The van der Waals surface area contributed by atoms with Crippen LogP contribution in [0.15, 0.2) is 24.3 Å². The first-order valence-corrected chi connectivity index (χ1v) is 20.1. The molecule has 0 bridgehead atoms. The lowest BCUT2D eigenvalue weighted by molar-refractivity contribution is -0.289. The van der Waals surface area contributed by atoms with E-state index < -0.39 is 101 Å². The molecule has 0 saturated carbocycles. The van der Waals surface area contributed by atoms with Gasteiger partial charge in [0.25, 0.3) is 0 Å². The molecule has 2 fully saturated rings. The number of nitrogens with zero attached hydrogens (tertiary/aromatic N) is 1. The van der Waals surface area contributed by atoms with Gasteiger partial charge in [-0.2, -0.15) is 13.2 Å². The second kappa shape index (κ2) is 19.2. The van der Waals surface area contributed by atoms with Crippen molar-refractivity contribution >= 4 is 29.7 Å². The van der Waals surface area contributed by atoms with Gasteiger partial charge in [0.05, 0.1) is 27.2 Å². The fourth-order valence-corrected chi connectivity index (χ4v) is 6.44. The molecule has 0 aromatic heterocycles. The van der Waals surface area contributed by atoms with Gasteiger partial charge < -0.3 is 28.8 Å². The van der Waals surface area contributed by atoms with Crippen molar-refractivity contribution in [1.82, 2.24) is 4.90 Å². The number of benzene rings is 1. The van der Waals surface area contributed by atoms with E-state index >= 15 is 0 Å². The van der Waals surface area contributed by atoms with Gasteiger partial charge in [0.1, 0.15) is 18.5 Å². The fourth-order valence-electron chi connectivity index (χ4n) is 6.44. The zero-order valence-corrected chi connectivity index (χ0v) is 36.0. The molecule has 1 aromatic carbocycles. The summed E-state index contributed by atoms with van der Waals surface area (Å²) < 4.78 is 71.9. The first-order valence-electron chi connectivity index (χ1n) is 20.1. The second-order valence-corrected chi connectivity index (χ2v) is 19.2. The predicted molar refractivity (Wildman–Crippen MR) is 207 cm³/mol. The van der Waals surface area contributed by atoms with Crippen molar-refractivity contribution in [2.45, 2.75) is 164 Å². The summed E-state index contributed by atoms with van der Waals surface area (Å²) in [5.41, 5.74) is -4.76. The molecular weight excluding hydrogens is 763 g/mol. The molecule has 328 valence electrons. The number of Topliss-reactive ketones (excluding diaryl/α,β-unsaturated/α-hetero) is 1. The number of alkyl halides is 3. The number of carbonyl (C=O) groups excluding carboxylic acids is 5. The van der Waals surface area contributed by atoms with E-state index in [2.05, 4.69) is 0 Å². The van der Waals surface area contributed by atoms with Crippen molar-refractivity contribution in [3.8, 4) is 0 Å². The molecule has 15 heteroatoms. The Morgan fingerprint density at radius 3 is 1.72 bits per heavy atom. The van der Waals surface area contributed by atoms with Crippen LogP contribution in [-0.4, -0.2) is 90.1 Å². The van der Waals surface area contributed by atoms with Crippen molar-refractivity contribution in [3.63, 3.8) is 0 Å². The molecule has 0 radical (unpaired) electrons. The summed E-state index contributed by atoms with van der Waals surface area (Å²) in [7, 11) is 0. The third-order valence-corrected chi connectivity index (χ3v) is 10.2. The van der Waals surface area contributed by atoms with Crippen LogP contribution in [0.25, 0.3) is 0 Å². The maximum absolute atomic E-state index is 13.8. The minimum absolute atomic E-state index is 0.000952. The summed E-state index contributed by atoms with van der Waals surface area (Å²) in [6.07, 6.45) is -8.54. The Hall–Kier alpha value is -3.56. The highest BCUT2D eigenvalue weighted by Gasteiger charge is 2.57. The van der Waals surface area contributed by atoms with Gasteiger partial charge in [-0.3, -0.25) is 28.9 Å². The number of unbranched alkanes of at least 4 members (excludes halogenated alkanes) is 3. The standard InChI is InChI=1S/C43H64F3NO11/c1-39(2,3)35(50)56-31-30(25-54-38(53)42(10,11)21-14-12-13-15-23-48)55-34(33(58-37(52)41(7,8)9)32(31)57-36(51)40(4,5)6)47-22-20-28(49)24-29(47)26-16-18-27(19-17-26)43(44,45)46/h16-19,29-34,48H,12-15,20-25H2,1-11H3/t29-,30+,31-,32-,33+,34+/m0/s1. The molecule has 0 amide bonds. The van der Waals surface area contributed by atoms with Gasteiger partial charge in [0.2, 0.25) is 0 Å². The molecule has 6 atom stereocenters. The van der Waals surface area contributed by atoms with Gasteiger partial charge in [0, 0.05) is 32.0 Å². The van der Waals surface area contributed by atoms with Gasteiger partial charge in [-0.1, -0.05) is 31.4 Å². The molecule has 2 saturated heterocycles. The number of ether oxygens (including phenoxy) is 5. The predicted octanol–water partition coefficient (Wildman–Crippen LogP) is 7.52. The Balaban J connectivity index is 2.21. The molecule has 0 aliphatic carbocycles. The summed E-state index contributed by atoms with van der Waals surface area (Å²) in [4.78, 5) is 69.6. The molecule has 2 aliphatic heterocycles. The number of halogens is 3. The van der Waals surface area contributed by atoms with E-state index in [0.717, 1.165) is 25.0 Å². The van der Waals surface area contributed by atoms with Crippen LogP contribution in [0, 0.1) is 21.7 Å². The number of hydrogen-bond acceptors (Lipinski definition) is 12. The van der Waals surface area contributed by atoms with Crippen LogP contribution in [-0.2, 0) is 53.8 Å². The van der Waals surface area contributed by atoms with E-state index in [-0.39, 0.29) is 31.8 Å². The Morgan fingerprint density at radius 2 is 1.22 bits per heavy atom. The number of rotatable bonds is 14. The van der Waals surface area contributed by atoms with Crippen molar-refractivity contribution in [2.75, 3.05) is 19.8 Å². The van der Waals surface area contributed by atoms with Crippen molar-refractivity contribution in [2.24, 2.45) is 21.7 Å². The number of aliphatic hydroxyl groups is 1. The van der Waals surface area contributed by atoms with Gasteiger partial charge in [-0.15, -0.1) is 0 Å². The van der Waals surface area contributed by atoms with Gasteiger partial charge >= 0.3 is 30.1 Å². The van der Waals surface area contributed by atoms with E-state index in [1.165, 1.54) is 12.1 Å². The van der Waals surface area contributed by atoms with Crippen LogP contribution in [0.2, 0.25) is 0 Å². The van der Waals surface area contributed by atoms with Gasteiger partial charge in [-0.05, 0) is 107 Å². The molecule has 2 heterocycles. The average molecular weight is 828 g/mol. The molecule has 58 heavy (non-hydrogen) atoms. The smallest absolute Gasteiger partial charge is 0.416 e. The lowest BCUT2D eigenvalue weighted by atomic mass is 9.87. The monoisotopic (exact) mass is 827 g/mol. The number of aliphatic hydroxyl groups excluding tert-OH is 1. The number of carbonyl (C=O) groups is 5. The summed E-state index contributed by atoms with van der Waals surface area (Å²) in [6.45, 7) is 17.6. The number of ketones is 1. The van der Waals surface area contributed by atoms with E-state index in [0.29, 0.717) is 24.8 Å². The third kappa shape index (κ3) is 13.2. The topological polar surface area (TPSA) is 155 Å². The molecule has 1 aromatic rings. The van der Waals surface area contributed by atoms with Crippen LogP contribution in [0.1, 0.15) is 138 Å². The normalized spacial score (nSPS) is 23.9. The van der Waals surface area contributed by atoms with Crippen LogP contribution in [0.5, 0.6) is 0 Å². The number of piperidine rings is 1. The SMILES string of the molecule is CC(C)(C)C(=O)O[C@@H]1[C@@H](OC(=O)C(C)(C)C)[C@H](N2CCC(=O)C[C@H]2c2ccc(C(F)(F)F)cc2)O[C@H](COC(=O)C(C)(C)CCCCCCO)[C@@H]1OC(=O)C(C)(C)C. The highest BCUT2D eigenvalue weighted by molar-refractivity contribution is 5.80. The molecule has 1 N–H and O–H groups in total. The average Bonchev–Trinajstić information content (AvgIpc) is 3.10. The Labute approximate surface area is 340 Å². The molecule has 3 rings (SSSR count). The van der Waals surface area contributed by atoms with Gasteiger partial charge in [0.15, 0.2) is 24.5 Å². The van der Waals surface area contributed by atoms with E-state index in [1.54, 1.807) is 81.1 Å². The highest BCUT2D eigenvalue weighted by atomic mass is 19.4. The highest BCUT2D eigenvalue weighted by Crippen LogP contribution is 2.41. The minimum Gasteiger partial charge on any atom is -0.462 e. The number of hydrogen-bond donors (Lipinski definition) is 1. The van der Waals surface area contributed by atoms with Crippen LogP contribution in [0.3, 0.4) is 0 Å². The molecule has 0 spiro atoms. The number of esters is 4. The largest absolute Gasteiger partial charge is 0.462 e. The number of likely N-dealkylation sites (tertiary alicyclic amines) is 1. The third-order valence-electron chi connectivity index (χ3n) is 10.2. The van der Waals surface area contributed by atoms with Crippen LogP contribution >= 0.6 is 0 Å². The Morgan fingerprint density at radius 1 is 0.724 bits per heavy atom.